The zero-order valence-corrected chi connectivity index (χ0v) is 16.9. The van der Waals surface area contributed by atoms with E-state index in [0.29, 0.717) is 18.3 Å². The van der Waals surface area contributed by atoms with Gasteiger partial charge in [0.05, 0.1) is 24.3 Å². The van der Waals surface area contributed by atoms with Crippen molar-refractivity contribution in [3.63, 3.8) is 0 Å². The van der Waals surface area contributed by atoms with Gasteiger partial charge in [-0.05, 0) is 30.7 Å². The van der Waals surface area contributed by atoms with E-state index in [0.717, 1.165) is 42.2 Å². The fourth-order valence-electron chi connectivity index (χ4n) is 4.74. The number of carbonyl (C=O) groups excluding carboxylic acids is 1. The minimum absolute atomic E-state index is 0.00766. The number of aliphatic hydroxyl groups excluding tert-OH is 1. The summed E-state index contributed by atoms with van der Waals surface area (Å²) in [5.41, 5.74) is 1.92. The van der Waals surface area contributed by atoms with E-state index in [4.69, 9.17) is 0 Å². The highest BCUT2D eigenvalue weighted by atomic mass is 32.1. The Labute approximate surface area is 173 Å². The van der Waals surface area contributed by atoms with E-state index in [9.17, 15) is 9.90 Å². The van der Waals surface area contributed by atoms with Crippen molar-refractivity contribution in [1.29, 1.82) is 0 Å². The van der Waals surface area contributed by atoms with Gasteiger partial charge in [-0.15, -0.1) is 11.3 Å². The third-order valence-corrected chi connectivity index (χ3v) is 7.17. The quantitative estimate of drug-likeness (QED) is 0.720. The van der Waals surface area contributed by atoms with Crippen LogP contribution < -0.4 is 0 Å². The fourth-order valence-corrected chi connectivity index (χ4v) is 5.57. The van der Waals surface area contributed by atoms with Crippen molar-refractivity contribution in [3.8, 4) is 10.6 Å². The average Bonchev–Trinajstić information content (AvgIpc) is 3.48. The number of fused-ring (bicyclic) bond motifs is 1. The van der Waals surface area contributed by atoms with E-state index in [2.05, 4.69) is 10.1 Å². The Bertz CT molecular complexity index is 972. The lowest BCUT2D eigenvalue weighted by molar-refractivity contribution is -0.129. The summed E-state index contributed by atoms with van der Waals surface area (Å²) in [5, 5.41) is 17.8. The molecule has 7 heteroatoms. The lowest BCUT2D eigenvalue weighted by Crippen LogP contribution is -2.36. The maximum Gasteiger partial charge on any atom is 0.228 e. The Kier molecular flexibility index (Phi) is 4.93. The SMILES string of the molecule is O=C(Cc1csc(-c2ccccc2)n1)N1C[C@H]2C[C@@H](n3cccn3)[C@H](O)C[C@H]2C1. The van der Waals surface area contributed by atoms with Gasteiger partial charge in [0.2, 0.25) is 5.91 Å². The molecular weight excluding hydrogens is 384 g/mol. The van der Waals surface area contributed by atoms with Gasteiger partial charge in [-0.1, -0.05) is 30.3 Å². The van der Waals surface area contributed by atoms with E-state index in [1.807, 2.05) is 57.6 Å². The molecule has 1 aliphatic heterocycles. The first-order valence-corrected chi connectivity index (χ1v) is 11.0. The van der Waals surface area contributed by atoms with Crippen LogP contribution in [0.15, 0.2) is 54.2 Å². The number of hydrogen-bond acceptors (Lipinski definition) is 5. The highest BCUT2D eigenvalue weighted by molar-refractivity contribution is 7.13. The highest BCUT2D eigenvalue weighted by Crippen LogP contribution is 2.41. The maximum atomic E-state index is 12.9. The lowest BCUT2D eigenvalue weighted by atomic mass is 9.77. The molecule has 1 aliphatic carbocycles. The number of benzene rings is 1. The van der Waals surface area contributed by atoms with Crippen LogP contribution >= 0.6 is 11.3 Å². The summed E-state index contributed by atoms with van der Waals surface area (Å²) < 4.78 is 1.87. The minimum Gasteiger partial charge on any atom is -0.391 e. The molecule has 2 aromatic heterocycles. The molecule has 0 bridgehead atoms. The van der Waals surface area contributed by atoms with Crippen LogP contribution in [0, 0.1) is 11.8 Å². The number of thiazole rings is 1. The standard InChI is InChI=1S/C22H24N4O2S/c27-20-10-17-13-25(12-16(17)9-19(20)26-8-4-7-23-26)21(28)11-18-14-29-22(24-18)15-5-2-1-3-6-15/h1-8,14,16-17,19-20,27H,9-13H2/t16-,17+,19-,20-/m1/s1. The van der Waals surface area contributed by atoms with Crippen LogP contribution in [0.4, 0.5) is 0 Å². The van der Waals surface area contributed by atoms with Crippen molar-refractivity contribution in [3.05, 3.63) is 59.9 Å². The Morgan fingerprint density at radius 3 is 2.69 bits per heavy atom. The van der Waals surface area contributed by atoms with Crippen LogP contribution in [0.1, 0.15) is 24.6 Å². The van der Waals surface area contributed by atoms with Gasteiger partial charge < -0.3 is 10.0 Å². The van der Waals surface area contributed by atoms with Crippen molar-refractivity contribution in [1.82, 2.24) is 19.7 Å². The molecule has 4 atom stereocenters. The molecular formula is C22H24N4O2S. The van der Waals surface area contributed by atoms with Crippen molar-refractivity contribution >= 4 is 17.2 Å². The summed E-state index contributed by atoms with van der Waals surface area (Å²) in [6.45, 7) is 1.51. The molecule has 3 aromatic rings. The molecule has 150 valence electrons. The predicted octanol–water partition coefficient (Wildman–Crippen LogP) is 3.02. The third-order valence-electron chi connectivity index (χ3n) is 6.23. The molecule has 3 heterocycles. The van der Waals surface area contributed by atoms with Gasteiger partial charge in [0.25, 0.3) is 0 Å². The highest BCUT2D eigenvalue weighted by Gasteiger charge is 2.43. The number of carbonyl (C=O) groups is 1. The van der Waals surface area contributed by atoms with E-state index in [-0.39, 0.29) is 11.9 Å². The van der Waals surface area contributed by atoms with Crippen LogP contribution in [0.25, 0.3) is 10.6 Å². The smallest absolute Gasteiger partial charge is 0.228 e. The fraction of sp³-hybridized carbons (Fsp3) is 0.409. The zero-order chi connectivity index (χ0) is 19.8. The first-order chi connectivity index (χ1) is 14.2. The van der Waals surface area contributed by atoms with Gasteiger partial charge in [-0.2, -0.15) is 5.10 Å². The molecule has 1 N–H and O–H groups in total. The van der Waals surface area contributed by atoms with E-state index >= 15 is 0 Å². The average molecular weight is 409 g/mol. The number of aliphatic hydroxyl groups is 1. The van der Waals surface area contributed by atoms with Gasteiger partial charge in [-0.25, -0.2) is 4.98 Å². The first kappa shape index (κ1) is 18.5. The van der Waals surface area contributed by atoms with Gasteiger partial charge in [0.1, 0.15) is 5.01 Å². The van der Waals surface area contributed by atoms with Gasteiger partial charge >= 0.3 is 0 Å². The van der Waals surface area contributed by atoms with E-state index < -0.39 is 6.10 Å². The Morgan fingerprint density at radius 2 is 1.93 bits per heavy atom. The van der Waals surface area contributed by atoms with Crippen LogP contribution in [-0.2, 0) is 11.2 Å². The summed E-state index contributed by atoms with van der Waals surface area (Å²) in [6, 6.07) is 12.0. The Hall–Kier alpha value is -2.51. The van der Waals surface area contributed by atoms with Gasteiger partial charge in [-0.3, -0.25) is 9.48 Å². The molecule has 2 aliphatic rings. The topological polar surface area (TPSA) is 71.2 Å². The van der Waals surface area contributed by atoms with Crippen molar-refractivity contribution in [2.24, 2.45) is 11.8 Å². The van der Waals surface area contributed by atoms with Gasteiger partial charge in [0, 0.05) is 36.4 Å². The summed E-state index contributed by atoms with van der Waals surface area (Å²) >= 11 is 1.58. The summed E-state index contributed by atoms with van der Waals surface area (Å²) in [5.74, 6) is 0.928. The number of likely N-dealkylation sites (tertiary alicyclic amines) is 1. The van der Waals surface area contributed by atoms with Crippen LogP contribution in [0.5, 0.6) is 0 Å². The van der Waals surface area contributed by atoms with Crippen LogP contribution in [-0.4, -0.2) is 49.9 Å². The number of nitrogens with zero attached hydrogens (tertiary/aromatic N) is 4. The van der Waals surface area contributed by atoms with E-state index in [1.165, 1.54) is 0 Å². The number of aromatic nitrogens is 3. The summed E-state index contributed by atoms with van der Waals surface area (Å²) in [6.07, 6.45) is 5.20. The normalized spacial score (nSPS) is 26.4. The number of hydrogen-bond donors (Lipinski definition) is 1. The molecule has 0 unspecified atom stereocenters. The Balaban J connectivity index is 1.23. The third kappa shape index (κ3) is 3.72. The van der Waals surface area contributed by atoms with E-state index in [1.54, 1.807) is 17.5 Å². The second-order valence-electron chi connectivity index (χ2n) is 8.10. The molecule has 1 aromatic carbocycles. The first-order valence-electron chi connectivity index (χ1n) is 10.1. The van der Waals surface area contributed by atoms with Gasteiger partial charge in [0.15, 0.2) is 0 Å². The molecule has 29 heavy (non-hydrogen) atoms. The molecule has 1 saturated heterocycles. The molecule has 5 rings (SSSR count). The number of rotatable bonds is 4. The van der Waals surface area contributed by atoms with Crippen LogP contribution in [0.2, 0.25) is 0 Å². The second kappa shape index (κ2) is 7.72. The molecule has 2 fully saturated rings. The molecule has 6 nitrogen and oxygen atoms in total. The zero-order valence-electron chi connectivity index (χ0n) is 16.1. The maximum absolute atomic E-state index is 12.9. The van der Waals surface area contributed by atoms with Crippen molar-refractivity contribution < 1.29 is 9.90 Å². The summed E-state index contributed by atoms with van der Waals surface area (Å²) in [7, 11) is 0. The second-order valence-corrected chi connectivity index (χ2v) is 8.96. The molecule has 0 spiro atoms. The van der Waals surface area contributed by atoms with Crippen molar-refractivity contribution in [2.75, 3.05) is 13.1 Å². The summed E-state index contributed by atoms with van der Waals surface area (Å²) in [4.78, 5) is 19.5. The predicted molar refractivity (Wildman–Crippen MR) is 111 cm³/mol. The Morgan fingerprint density at radius 1 is 1.14 bits per heavy atom. The number of amides is 1. The monoisotopic (exact) mass is 408 g/mol. The minimum atomic E-state index is -0.404. The van der Waals surface area contributed by atoms with Crippen molar-refractivity contribution in [2.45, 2.75) is 31.4 Å². The molecule has 1 saturated carbocycles. The molecule has 1 amide bonds. The lowest BCUT2D eigenvalue weighted by Gasteiger charge is -2.35. The van der Waals surface area contributed by atoms with Crippen LogP contribution in [0.3, 0.4) is 0 Å². The largest absolute Gasteiger partial charge is 0.391 e. The molecule has 0 radical (unpaired) electrons.